The van der Waals surface area contributed by atoms with Gasteiger partial charge in [-0.25, -0.2) is 4.39 Å². The highest BCUT2D eigenvalue weighted by atomic mass is 19.4. The van der Waals surface area contributed by atoms with Crippen molar-refractivity contribution in [3.8, 4) is 0 Å². The first kappa shape index (κ1) is 10.9. The maximum Gasteiger partial charge on any atom is 0.497 e. The second-order valence-electron chi connectivity index (χ2n) is 3.04. The monoisotopic (exact) mass is 206 g/mol. The Hall–Kier alpha value is -1.20. The molecule has 1 nitrogen and oxygen atoms in total. The molecule has 1 aromatic rings. The maximum absolute atomic E-state index is 13.0. The third-order valence-electron chi connectivity index (χ3n) is 1.74. The summed E-state index contributed by atoms with van der Waals surface area (Å²) in [6, 6.07) is 5.38. The van der Waals surface area contributed by atoms with Crippen molar-refractivity contribution < 1.29 is 17.3 Å². The van der Waals surface area contributed by atoms with Crippen LogP contribution in [0.1, 0.15) is 0 Å². The van der Waals surface area contributed by atoms with Crippen LogP contribution < -0.4 is 4.90 Å². The molecule has 0 aliphatic carbocycles. The van der Waals surface area contributed by atoms with Gasteiger partial charge in [0.05, 0.1) is 5.69 Å². The van der Waals surface area contributed by atoms with Crippen molar-refractivity contribution in [1.82, 2.24) is 0 Å². The fourth-order valence-corrected chi connectivity index (χ4v) is 1.17. The largest absolute Gasteiger partial charge is 0.497 e. The Morgan fingerprint density at radius 3 is 2.29 bits per heavy atom. The van der Waals surface area contributed by atoms with E-state index in [0.717, 1.165) is 11.0 Å². The van der Waals surface area contributed by atoms with Gasteiger partial charge in [-0.1, -0.05) is 12.1 Å². The molecule has 0 spiro atoms. The summed E-state index contributed by atoms with van der Waals surface area (Å²) in [7, 11) is 1.22. The smallest absolute Gasteiger partial charge is 0.448 e. The number of hydrogen-bond acceptors (Lipinski definition) is 1. The zero-order valence-corrected chi connectivity index (χ0v) is 7.55. The zero-order valence-electron chi connectivity index (χ0n) is 7.55. The van der Waals surface area contributed by atoms with E-state index in [1.165, 1.54) is 25.2 Å². The summed E-state index contributed by atoms with van der Waals surface area (Å²) in [4.78, 5) is 0.856. The number of nitrogens with zero attached hydrogens (tertiary/aromatic N) is 1. The number of para-hydroxylation sites is 1. The molecule has 0 aliphatic heterocycles. The Bertz CT molecular complexity index is 312. The third kappa shape index (κ3) is 2.94. The minimum absolute atomic E-state index is 0.0355. The van der Waals surface area contributed by atoms with Crippen LogP contribution in [0.3, 0.4) is 0 Å². The molecule has 0 fully saturated rings. The molecule has 0 amide bonds. The molecule has 0 radical (unpaired) electrons. The van der Waals surface area contributed by atoms with Gasteiger partial charge in [-0.2, -0.15) is 0 Å². The van der Waals surface area contributed by atoms with Gasteiger partial charge in [0.15, 0.2) is 0 Å². The molecule has 0 heterocycles. The SMILES string of the molecule is CN(C[B-](F)(F)F)c1ccccc1F. The van der Waals surface area contributed by atoms with Crippen LogP contribution in [0, 0.1) is 5.82 Å². The van der Waals surface area contributed by atoms with Crippen molar-refractivity contribution in [3.05, 3.63) is 30.1 Å². The minimum Gasteiger partial charge on any atom is -0.448 e. The summed E-state index contributed by atoms with van der Waals surface area (Å²) in [5.41, 5.74) is -0.0355. The van der Waals surface area contributed by atoms with E-state index < -0.39 is 19.2 Å². The van der Waals surface area contributed by atoms with Crippen LogP contribution >= 0.6 is 0 Å². The minimum atomic E-state index is -4.93. The lowest BCUT2D eigenvalue weighted by molar-refractivity contribution is 0.469. The average Bonchev–Trinajstić information content (AvgIpc) is 2.01. The van der Waals surface area contributed by atoms with E-state index in [1.54, 1.807) is 0 Å². The van der Waals surface area contributed by atoms with E-state index in [9.17, 15) is 17.3 Å². The summed E-state index contributed by atoms with van der Waals surface area (Å²) in [5.74, 6) is -0.643. The Morgan fingerprint density at radius 2 is 1.79 bits per heavy atom. The lowest BCUT2D eigenvalue weighted by Crippen LogP contribution is -2.35. The molecular weight excluding hydrogens is 197 g/mol. The molecule has 1 aromatic carbocycles. The predicted molar refractivity (Wildman–Crippen MR) is 48.7 cm³/mol. The predicted octanol–water partition coefficient (Wildman–Crippen LogP) is 2.65. The normalized spacial score (nSPS) is 11.5. The number of halogens is 4. The van der Waals surface area contributed by atoms with Gasteiger partial charge < -0.3 is 17.8 Å². The van der Waals surface area contributed by atoms with Gasteiger partial charge in [0.1, 0.15) is 5.82 Å². The molecule has 0 saturated heterocycles. The van der Waals surface area contributed by atoms with Crippen LogP contribution in [-0.2, 0) is 0 Å². The Kier molecular flexibility index (Phi) is 3.03. The van der Waals surface area contributed by atoms with Crippen molar-refractivity contribution in [2.24, 2.45) is 0 Å². The first-order valence-corrected chi connectivity index (χ1v) is 4.07. The van der Waals surface area contributed by atoms with Crippen molar-refractivity contribution in [1.29, 1.82) is 0 Å². The topological polar surface area (TPSA) is 3.24 Å². The molecule has 0 unspecified atom stereocenters. The van der Waals surface area contributed by atoms with E-state index in [2.05, 4.69) is 0 Å². The standard InChI is InChI=1S/C8H9BF4N/c1-14(6-9(11,12)13)8-5-3-2-4-7(8)10/h2-5H,6H2,1H3/q-1. The summed E-state index contributed by atoms with van der Waals surface area (Å²) >= 11 is 0. The van der Waals surface area contributed by atoms with Gasteiger partial charge in [-0.3, -0.25) is 0 Å². The van der Waals surface area contributed by atoms with Gasteiger partial charge in [0.25, 0.3) is 0 Å². The van der Waals surface area contributed by atoms with E-state index in [0.29, 0.717) is 0 Å². The van der Waals surface area contributed by atoms with E-state index in [-0.39, 0.29) is 5.69 Å². The Labute approximate surface area is 79.4 Å². The third-order valence-corrected chi connectivity index (χ3v) is 1.74. The first-order valence-electron chi connectivity index (χ1n) is 4.07. The van der Waals surface area contributed by atoms with Gasteiger partial charge in [0, 0.05) is 7.05 Å². The average molecular weight is 206 g/mol. The lowest BCUT2D eigenvalue weighted by Gasteiger charge is -2.25. The number of rotatable bonds is 3. The van der Waals surface area contributed by atoms with Crippen LogP contribution in [0.5, 0.6) is 0 Å². The number of benzene rings is 1. The first-order chi connectivity index (χ1) is 6.40. The fourth-order valence-electron chi connectivity index (χ4n) is 1.17. The Morgan fingerprint density at radius 1 is 1.21 bits per heavy atom. The molecule has 0 N–H and O–H groups in total. The van der Waals surface area contributed by atoms with Crippen LogP contribution in [0.4, 0.5) is 23.0 Å². The van der Waals surface area contributed by atoms with Crippen molar-refractivity contribution in [3.63, 3.8) is 0 Å². The number of hydrogen-bond donors (Lipinski definition) is 0. The van der Waals surface area contributed by atoms with Crippen LogP contribution in [0.2, 0.25) is 0 Å². The molecule has 14 heavy (non-hydrogen) atoms. The molecule has 0 aliphatic rings. The summed E-state index contributed by atoms with van der Waals surface area (Å²) < 4.78 is 49.1. The van der Waals surface area contributed by atoms with E-state index in [4.69, 9.17) is 0 Å². The second-order valence-corrected chi connectivity index (χ2v) is 3.04. The zero-order chi connectivity index (χ0) is 10.8. The van der Waals surface area contributed by atoms with Gasteiger partial charge in [-0.15, -0.1) is 0 Å². The quantitative estimate of drug-likeness (QED) is 0.542. The molecule has 0 saturated carbocycles. The highest BCUT2D eigenvalue weighted by molar-refractivity contribution is 6.59. The second kappa shape index (κ2) is 3.90. The summed E-state index contributed by atoms with van der Waals surface area (Å²) in [6.45, 7) is -4.93. The van der Waals surface area contributed by atoms with Crippen molar-refractivity contribution in [2.45, 2.75) is 0 Å². The van der Waals surface area contributed by atoms with Crippen LogP contribution in [0.15, 0.2) is 24.3 Å². The van der Waals surface area contributed by atoms with E-state index in [1.807, 2.05) is 0 Å². The molecule has 0 bridgehead atoms. The van der Waals surface area contributed by atoms with Crippen molar-refractivity contribution >= 4 is 12.7 Å². The molecule has 0 aromatic heterocycles. The highest BCUT2D eigenvalue weighted by Crippen LogP contribution is 2.20. The molecule has 1 rings (SSSR count). The molecule has 78 valence electrons. The molecular formula is C8H9BF4N-. The molecule has 6 heteroatoms. The maximum atomic E-state index is 13.0. The number of anilines is 1. The summed E-state index contributed by atoms with van der Waals surface area (Å²) in [5, 5.41) is 0. The Balaban J connectivity index is 2.80. The van der Waals surface area contributed by atoms with Gasteiger partial charge in [0.2, 0.25) is 0 Å². The summed E-state index contributed by atoms with van der Waals surface area (Å²) in [6.07, 6.45) is -1.10. The van der Waals surface area contributed by atoms with Crippen LogP contribution in [-0.4, -0.2) is 20.5 Å². The van der Waals surface area contributed by atoms with Gasteiger partial charge >= 0.3 is 6.98 Å². The fraction of sp³-hybridized carbons (Fsp3) is 0.250. The van der Waals surface area contributed by atoms with Crippen LogP contribution in [0.25, 0.3) is 0 Å². The highest BCUT2D eigenvalue weighted by Gasteiger charge is 2.25. The lowest BCUT2D eigenvalue weighted by atomic mass is 9.91. The van der Waals surface area contributed by atoms with Crippen molar-refractivity contribution in [2.75, 3.05) is 18.4 Å². The van der Waals surface area contributed by atoms with Gasteiger partial charge in [-0.05, 0) is 18.6 Å². The molecule has 0 atom stereocenters. The van der Waals surface area contributed by atoms with E-state index >= 15 is 0 Å².